The van der Waals surface area contributed by atoms with Crippen LogP contribution in [0.1, 0.15) is 21.7 Å². The molecule has 0 fully saturated rings. The number of hydrogen-bond acceptors (Lipinski definition) is 3. The number of hydrogen-bond donors (Lipinski definition) is 0. The minimum atomic E-state index is -0.396. The molecular formula is C18H14F2N2OS. The number of nitrogens with zero attached hydrogens (tertiary/aromatic N) is 2. The van der Waals surface area contributed by atoms with Crippen molar-refractivity contribution in [2.24, 2.45) is 0 Å². The lowest BCUT2D eigenvalue weighted by Crippen LogP contribution is -2.15. The van der Waals surface area contributed by atoms with Gasteiger partial charge in [0.15, 0.2) is 0 Å². The van der Waals surface area contributed by atoms with Crippen LogP contribution in [-0.2, 0) is 0 Å². The average Bonchev–Trinajstić information content (AvgIpc) is 2.85. The smallest absolute Gasteiger partial charge is 0.267 e. The van der Waals surface area contributed by atoms with Gasteiger partial charge in [0.25, 0.3) is 5.91 Å². The third-order valence-corrected chi connectivity index (χ3v) is 4.84. The van der Waals surface area contributed by atoms with Gasteiger partial charge < -0.3 is 0 Å². The molecule has 3 nitrogen and oxygen atoms in total. The van der Waals surface area contributed by atoms with Gasteiger partial charge in [0, 0.05) is 10.5 Å². The Kier molecular flexibility index (Phi) is 4.49. The van der Waals surface area contributed by atoms with Crippen molar-refractivity contribution in [1.29, 1.82) is 0 Å². The Balaban J connectivity index is 1.92. The lowest BCUT2D eigenvalue weighted by molar-refractivity contribution is 0.0942. The predicted molar refractivity (Wildman–Crippen MR) is 88.4 cm³/mol. The van der Waals surface area contributed by atoms with Crippen LogP contribution in [-0.4, -0.2) is 15.7 Å². The molecule has 122 valence electrons. The summed E-state index contributed by atoms with van der Waals surface area (Å²) < 4.78 is 27.3. The molecule has 3 rings (SSSR count). The lowest BCUT2D eigenvalue weighted by Gasteiger charge is -2.05. The van der Waals surface area contributed by atoms with Crippen LogP contribution in [0.3, 0.4) is 0 Å². The summed E-state index contributed by atoms with van der Waals surface area (Å²) in [4.78, 5) is 14.3. The molecular weight excluding hydrogens is 330 g/mol. The monoisotopic (exact) mass is 344 g/mol. The first-order valence-electron chi connectivity index (χ1n) is 7.25. The average molecular weight is 344 g/mol. The molecule has 1 aromatic heterocycles. The Bertz CT molecular complexity index is 887. The van der Waals surface area contributed by atoms with Crippen molar-refractivity contribution in [3.05, 3.63) is 77.1 Å². The van der Waals surface area contributed by atoms with Crippen molar-refractivity contribution < 1.29 is 13.6 Å². The molecule has 0 saturated carbocycles. The quantitative estimate of drug-likeness (QED) is 0.695. The van der Waals surface area contributed by atoms with Crippen LogP contribution >= 0.6 is 11.8 Å². The maximum atomic E-state index is 13.0. The number of aryl methyl sites for hydroxylation is 1. The van der Waals surface area contributed by atoms with Crippen molar-refractivity contribution in [2.75, 3.05) is 0 Å². The first-order valence-corrected chi connectivity index (χ1v) is 8.07. The molecule has 0 aliphatic carbocycles. The molecule has 0 radical (unpaired) electrons. The van der Waals surface area contributed by atoms with E-state index in [-0.39, 0.29) is 11.7 Å². The van der Waals surface area contributed by atoms with Gasteiger partial charge >= 0.3 is 0 Å². The molecule has 0 aliphatic heterocycles. The molecule has 0 saturated heterocycles. The molecule has 6 heteroatoms. The van der Waals surface area contributed by atoms with E-state index in [1.54, 1.807) is 19.1 Å². The van der Waals surface area contributed by atoms with E-state index in [4.69, 9.17) is 0 Å². The summed E-state index contributed by atoms with van der Waals surface area (Å²) in [5.74, 6) is -1.01. The number of halogens is 2. The second-order valence-electron chi connectivity index (χ2n) is 5.28. The van der Waals surface area contributed by atoms with Crippen molar-refractivity contribution >= 4 is 17.7 Å². The van der Waals surface area contributed by atoms with Crippen LogP contribution in [0, 0.1) is 25.5 Å². The van der Waals surface area contributed by atoms with Gasteiger partial charge in [-0.15, -0.1) is 0 Å². The topological polar surface area (TPSA) is 34.9 Å². The highest BCUT2D eigenvalue weighted by atomic mass is 32.2. The molecule has 0 amide bonds. The van der Waals surface area contributed by atoms with Gasteiger partial charge in [-0.25, -0.2) is 8.78 Å². The Labute approximate surface area is 142 Å². The standard InChI is InChI=1S/C18H14F2N2OS/c1-11-17(24-16-9-7-15(20)8-10-16)12(2)22(21-11)18(23)13-3-5-14(19)6-4-13/h3-10H,1-2H3. The maximum absolute atomic E-state index is 13.0. The van der Waals surface area contributed by atoms with Gasteiger partial charge in [0.2, 0.25) is 0 Å². The number of carbonyl (C=O) groups excluding carboxylic acids is 1. The number of carbonyl (C=O) groups is 1. The van der Waals surface area contributed by atoms with Crippen molar-refractivity contribution in [2.45, 2.75) is 23.6 Å². The van der Waals surface area contributed by atoms with Crippen LogP contribution in [0.2, 0.25) is 0 Å². The van der Waals surface area contributed by atoms with E-state index in [2.05, 4.69) is 5.10 Å². The minimum Gasteiger partial charge on any atom is -0.267 e. The summed E-state index contributed by atoms with van der Waals surface area (Å²) in [6.45, 7) is 3.61. The lowest BCUT2D eigenvalue weighted by atomic mass is 10.2. The van der Waals surface area contributed by atoms with E-state index < -0.39 is 5.82 Å². The summed E-state index contributed by atoms with van der Waals surface area (Å²) in [5.41, 5.74) is 1.76. The highest BCUT2D eigenvalue weighted by Gasteiger charge is 2.18. The van der Waals surface area contributed by atoms with Gasteiger partial charge in [0.1, 0.15) is 11.6 Å². The fourth-order valence-electron chi connectivity index (χ4n) is 2.31. The normalized spacial score (nSPS) is 10.8. The van der Waals surface area contributed by atoms with Crippen LogP contribution in [0.4, 0.5) is 8.78 Å². The first-order chi connectivity index (χ1) is 11.5. The maximum Gasteiger partial charge on any atom is 0.278 e. The summed E-state index contributed by atoms with van der Waals surface area (Å²) in [5, 5.41) is 4.30. The second kappa shape index (κ2) is 6.57. The molecule has 0 unspecified atom stereocenters. The van der Waals surface area contributed by atoms with E-state index in [1.807, 2.05) is 6.92 Å². The van der Waals surface area contributed by atoms with Crippen LogP contribution in [0.15, 0.2) is 58.3 Å². The van der Waals surface area contributed by atoms with Gasteiger partial charge in [0.05, 0.1) is 16.3 Å². The van der Waals surface area contributed by atoms with E-state index >= 15 is 0 Å². The Morgan fingerprint density at radius 3 is 2.08 bits per heavy atom. The van der Waals surface area contributed by atoms with Crippen molar-refractivity contribution in [1.82, 2.24) is 9.78 Å². The highest BCUT2D eigenvalue weighted by molar-refractivity contribution is 7.99. The van der Waals surface area contributed by atoms with Gasteiger partial charge in [-0.3, -0.25) is 4.79 Å². The summed E-state index contributed by atoms with van der Waals surface area (Å²) in [6, 6.07) is 11.5. The fourth-order valence-corrected chi connectivity index (χ4v) is 3.24. The molecule has 2 aromatic carbocycles. The largest absolute Gasteiger partial charge is 0.278 e. The van der Waals surface area contributed by atoms with E-state index in [9.17, 15) is 13.6 Å². The van der Waals surface area contributed by atoms with Gasteiger partial charge in [-0.2, -0.15) is 9.78 Å². The fraction of sp³-hybridized carbons (Fsp3) is 0.111. The van der Waals surface area contributed by atoms with Crippen LogP contribution < -0.4 is 0 Å². The Morgan fingerprint density at radius 1 is 0.958 bits per heavy atom. The summed E-state index contributed by atoms with van der Waals surface area (Å²) in [6.07, 6.45) is 0. The highest BCUT2D eigenvalue weighted by Crippen LogP contribution is 2.33. The van der Waals surface area contributed by atoms with E-state index in [0.29, 0.717) is 17.0 Å². The zero-order valence-corrected chi connectivity index (χ0v) is 13.9. The molecule has 24 heavy (non-hydrogen) atoms. The molecule has 0 spiro atoms. The zero-order valence-electron chi connectivity index (χ0n) is 13.1. The Morgan fingerprint density at radius 2 is 1.50 bits per heavy atom. The summed E-state index contributed by atoms with van der Waals surface area (Å²) >= 11 is 1.42. The first kappa shape index (κ1) is 16.4. The van der Waals surface area contributed by atoms with Gasteiger partial charge in [-0.1, -0.05) is 11.8 Å². The molecule has 3 aromatic rings. The molecule has 0 bridgehead atoms. The third-order valence-electron chi connectivity index (χ3n) is 3.54. The Hall–Kier alpha value is -2.47. The summed E-state index contributed by atoms with van der Waals surface area (Å²) in [7, 11) is 0. The van der Waals surface area contributed by atoms with Crippen molar-refractivity contribution in [3.63, 3.8) is 0 Å². The predicted octanol–water partition coefficient (Wildman–Crippen LogP) is 4.62. The molecule has 0 atom stereocenters. The minimum absolute atomic E-state index is 0.296. The van der Waals surface area contributed by atoms with Gasteiger partial charge in [-0.05, 0) is 62.4 Å². The SMILES string of the molecule is Cc1nn(C(=O)c2ccc(F)cc2)c(C)c1Sc1ccc(F)cc1. The van der Waals surface area contributed by atoms with E-state index in [0.717, 1.165) is 9.79 Å². The van der Waals surface area contributed by atoms with Crippen molar-refractivity contribution in [3.8, 4) is 0 Å². The molecule has 1 heterocycles. The molecule has 0 N–H and O–H groups in total. The van der Waals surface area contributed by atoms with E-state index in [1.165, 1.54) is 52.8 Å². The second-order valence-corrected chi connectivity index (χ2v) is 6.36. The third kappa shape index (κ3) is 3.23. The molecule has 0 aliphatic rings. The zero-order chi connectivity index (χ0) is 17.3. The van der Waals surface area contributed by atoms with Crippen LogP contribution in [0.25, 0.3) is 0 Å². The van der Waals surface area contributed by atoms with Crippen LogP contribution in [0.5, 0.6) is 0 Å². The number of rotatable bonds is 3. The number of aromatic nitrogens is 2. The number of benzene rings is 2.